The third-order valence-corrected chi connectivity index (χ3v) is 5.93. The van der Waals surface area contributed by atoms with E-state index >= 15 is 0 Å². The topological polar surface area (TPSA) is 92.4 Å². The van der Waals surface area contributed by atoms with Crippen LogP contribution in [0.3, 0.4) is 0 Å². The first-order chi connectivity index (χ1) is 15.0. The molecule has 0 spiro atoms. The molecule has 0 atom stereocenters. The number of aromatic nitrogens is 2. The molecule has 1 aromatic carbocycles. The van der Waals surface area contributed by atoms with Crippen molar-refractivity contribution in [1.82, 2.24) is 9.55 Å². The van der Waals surface area contributed by atoms with Crippen LogP contribution >= 0.6 is 11.3 Å². The van der Waals surface area contributed by atoms with Crippen molar-refractivity contribution in [1.29, 1.82) is 0 Å². The standard InChI is InChI=1S/C24H26N2O4S/c1-2-3-4-7-22-25-15-20(13-19(24(29)30)14-21-6-5-12-31-21)26(22)16-17-8-10-18(11-9-17)23(27)28/h5-6,8-13,15H,2-4,7,14,16H2,1H3,(H,27,28)(H,29,30)/b19-13+. The number of nitrogens with zero attached hydrogens (tertiary/aromatic N) is 2. The molecular formula is C24H26N2O4S. The number of carboxylic acids is 2. The zero-order valence-corrected chi connectivity index (χ0v) is 18.3. The summed E-state index contributed by atoms with van der Waals surface area (Å²) in [6.45, 7) is 2.65. The van der Waals surface area contributed by atoms with Crippen molar-refractivity contribution in [2.45, 2.75) is 45.6 Å². The Bertz CT molecular complexity index is 1050. The summed E-state index contributed by atoms with van der Waals surface area (Å²) in [5, 5.41) is 20.8. The van der Waals surface area contributed by atoms with Gasteiger partial charge in [-0.25, -0.2) is 14.6 Å². The second-order valence-electron chi connectivity index (χ2n) is 7.38. The normalized spacial score (nSPS) is 11.6. The van der Waals surface area contributed by atoms with Gasteiger partial charge in [-0.15, -0.1) is 11.3 Å². The van der Waals surface area contributed by atoms with Crippen molar-refractivity contribution < 1.29 is 19.8 Å². The molecule has 0 saturated heterocycles. The van der Waals surface area contributed by atoms with E-state index in [0.717, 1.165) is 47.6 Å². The molecule has 162 valence electrons. The van der Waals surface area contributed by atoms with Crippen molar-refractivity contribution >= 4 is 29.4 Å². The summed E-state index contributed by atoms with van der Waals surface area (Å²) in [5.74, 6) is -1.000. The fraction of sp³-hybridized carbons (Fsp3) is 0.292. The van der Waals surface area contributed by atoms with E-state index in [4.69, 9.17) is 5.11 Å². The maximum atomic E-state index is 11.9. The van der Waals surface area contributed by atoms with E-state index in [0.29, 0.717) is 18.5 Å². The fourth-order valence-corrected chi connectivity index (χ4v) is 4.09. The molecule has 31 heavy (non-hydrogen) atoms. The summed E-state index contributed by atoms with van der Waals surface area (Å²) in [6, 6.07) is 10.6. The van der Waals surface area contributed by atoms with Crippen LogP contribution in [0.4, 0.5) is 0 Å². The number of aliphatic carboxylic acids is 1. The minimum atomic E-state index is -0.960. The average molecular weight is 439 g/mol. The van der Waals surface area contributed by atoms with E-state index in [2.05, 4.69) is 11.9 Å². The molecule has 0 aliphatic carbocycles. The van der Waals surface area contributed by atoms with Gasteiger partial charge in [-0.1, -0.05) is 38.0 Å². The molecule has 0 aliphatic heterocycles. The summed E-state index contributed by atoms with van der Waals surface area (Å²) in [7, 11) is 0. The number of hydrogen-bond donors (Lipinski definition) is 2. The molecule has 0 saturated carbocycles. The van der Waals surface area contributed by atoms with Gasteiger partial charge in [0.15, 0.2) is 0 Å². The molecule has 3 rings (SSSR count). The van der Waals surface area contributed by atoms with Crippen molar-refractivity contribution in [3.05, 3.63) is 81.1 Å². The molecule has 7 heteroatoms. The van der Waals surface area contributed by atoms with Crippen LogP contribution in [-0.2, 0) is 24.2 Å². The molecule has 6 nitrogen and oxygen atoms in total. The highest BCUT2D eigenvalue weighted by Gasteiger charge is 2.14. The summed E-state index contributed by atoms with van der Waals surface area (Å²) in [4.78, 5) is 28.6. The number of imidazole rings is 1. The first-order valence-corrected chi connectivity index (χ1v) is 11.2. The van der Waals surface area contributed by atoms with E-state index in [-0.39, 0.29) is 5.56 Å². The molecule has 0 fully saturated rings. The number of thiophene rings is 1. The number of benzene rings is 1. The van der Waals surface area contributed by atoms with Crippen LogP contribution in [0.1, 0.15) is 58.5 Å². The largest absolute Gasteiger partial charge is 0.478 e. The molecule has 2 heterocycles. The first kappa shape index (κ1) is 22.5. The lowest BCUT2D eigenvalue weighted by Gasteiger charge is -2.12. The van der Waals surface area contributed by atoms with Gasteiger partial charge in [-0.2, -0.15) is 0 Å². The number of carbonyl (C=O) groups is 2. The lowest BCUT2D eigenvalue weighted by Crippen LogP contribution is -2.09. The van der Waals surface area contributed by atoms with Gasteiger partial charge in [-0.05, 0) is 41.6 Å². The zero-order chi connectivity index (χ0) is 22.2. The summed E-state index contributed by atoms with van der Waals surface area (Å²) in [6.07, 6.45) is 7.81. The van der Waals surface area contributed by atoms with Crippen molar-refractivity contribution in [3.8, 4) is 0 Å². The van der Waals surface area contributed by atoms with Crippen LogP contribution in [0.25, 0.3) is 6.08 Å². The molecule has 0 amide bonds. The van der Waals surface area contributed by atoms with E-state index in [9.17, 15) is 14.7 Å². The Hall–Kier alpha value is -3.19. The maximum absolute atomic E-state index is 11.9. The Morgan fingerprint density at radius 3 is 2.52 bits per heavy atom. The van der Waals surface area contributed by atoms with Crippen LogP contribution in [0.2, 0.25) is 0 Å². The smallest absolute Gasteiger partial charge is 0.335 e. The summed E-state index contributed by atoms with van der Waals surface area (Å²) in [5.41, 5.74) is 2.22. The monoisotopic (exact) mass is 438 g/mol. The minimum Gasteiger partial charge on any atom is -0.478 e. The Morgan fingerprint density at radius 1 is 1.13 bits per heavy atom. The van der Waals surface area contributed by atoms with Crippen LogP contribution in [-0.4, -0.2) is 31.7 Å². The predicted octanol–water partition coefficient (Wildman–Crippen LogP) is 5.13. The second kappa shape index (κ2) is 10.7. The minimum absolute atomic E-state index is 0.238. The Morgan fingerprint density at radius 2 is 1.90 bits per heavy atom. The van der Waals surface area contributed by atoms with Gasteiger partial charge >= 0.3 is 11.9 Å². The Labute approximate surface area is 185 Å². The molecule has 3 aromatic rings. The molecule has 2 N–H and O–H groups in total. The van der Waals surface area contributed by atoms with Gasteiger partial charge in [0.25, 0.3) is 0 Å². The van der Waals surface area contributed by atoms with Crippen LogP contribution in [0.5, 0.6) is 0 Å². The van der Waals surface area contributed by atoms with Gasteiger partial charge in [0.1, 0.15) is 5.82 Å². The SMILES string of the molecule is CCCCCc1ncc(/C=C(\Cc2cccs2)C(=O)O)n1Cc1ccc(C(=O)O)cc1. The van der Waals surface area contributed by atoms with E-state index in [1.54, 1.807) is 36.5 Å². The van der Waals surface area contributed by atoms with Crippen molar-refractivity contribution in [3.63, 3.8) is 0 Å². The lowest BCUT2D eigenvalue weighted by molar-refractivity contribution is -0.132. The molecule has 0 radical (unpaired) electrons. The third kappa shape index (κ3) is 6.15. The van der Waals surface area contributed by atoms with Crippen LogP contribution in [0, 0.1) is 0 Å². The fourth-order valence-electron chi connectivity index (χ4n) is 3.36. The van der Waals surface area contributed by atoms with E-state index in [1.165, 1.54) is 11.3 Å². The summed E-state index contributed by atoms with van der Waals surface area (Å²) >= 11 is 1.53. The number of hydrogen-bond acceptors (Lipinski definition) is 4. The highest BCUT2D eigenvalue weighted by Crippen LogP contribution is 2.20. The highest BCUT2D eigenvalue weighted by molar-refractivity contribution is 7.09. The lowest BCUT2D eigenvalue weighted by atomic mass is 10.1. The number of rotatable bonds is 11. The van der Waals surface area contributed by atoms with Gasteiger partial charge in [0.2, 0.25) is 0 Å². The number of unbranched alkanes of at least 4 members (excludes halogenated alkanes) is 2. The van der Waals surface area contributed by atoms with Crippen LogP contribution in [0.15, 0.2) is 53.5 Å². The predicted molar refractivity (Wildman–Crippen MR) is 122 cm³/mol. The summed E-state index contributed by atoms with van der Waals surface area (Å²) < 4.78 is 2.03. The van der Waals surface area contributed by atoms with Crippen LogP contribution < -0.4 is 0 Å². The Kier molecular flexibility index (Phi) is 7.78. The van der Waals surface area contributed by atoms with Crippen molar-refractivity contribution in [2.24, 2.45) is 0 Å². The second-order valence-corrected chi connectivity index (χ2v) is 8.41. The molecule has 0 unspecified atom stereocenters. The molecule has 0 bridgehead atoms. The van der Waals surface area contributed by atoms with Crippen molar-refractivity contribution in [2.75, 3.05) is 0 Å². The zero-order valence-electron chi connectivity index (χ0n) is 17.5. The number of aromatic carboxylic acids is 1. The Balaban J connectivity index is 1.93. The van der Waals surface area contributed by atoms with E-state index < -0.39 is 11.9 Å². The highest BCUT2D eigenvalue weighted by atomic mass is 32.1. The van der Waals surface area contributed by atoms with E-state index in [1.807, 2.05) is 22.1 Å². The number of carboxylic acid groups (broad SMARTS) is 2. The first-order valence-electron chi connectivity index (χ1n) is 10.3. The third-order valence-electron chi connectivity index (χ3n) is 5.06. The van der Waals surface area contributed by atoms with Gasteiger partial charge in [0.05, 0.1) is 17.5 Å². The molecule has 2 aromatic heterocycles. The average Bonchev–Trinajstić information content (AvgIpc) is 3.39. The molecule has 0 aliphatic rings. The maximum Gasteiger partial charge on any atom is 0.335 e. The molecular weight excluding hydrogens is 412 g/mol. The van der Waals surface area contributed by atoms with Gasteiger partial charge < -0.3 is 14.8 Å². The quantitative estimate of drug-likeness (QED) is 0.320. The van der Waals surface area contributed by atoms with Gasteiger partial charge in [0, 0.05) is 29.8 Å². The van der Waals surface area contributed by atoms with Gasteiger partial charge in [-0.3, -0.25) is 0 Å². The number of aryl methyl sites for hydroxylation is 1.